The zero-order valence-electron chi connectivity index (χ0n) is 9.38. The van der Waals surface area contributed by atoms with Gasteiger partial charge < -0.3 is 14.7 Å². The minimum atomic E-state index is -0.997. The minimum absolute atomic E-state index is 0.162. The van der Waals surface area contributed by atoms with Gasteiger partial charge >= 0.3 is 5.97 Å². The Morgan fingerprint density at radius 1 is 1.62 bits per heavy atom. The highest BCUT2D eigenvalue weighted by Gasteiger charge is 2.14. The first-order chi connectivity index (χ1) is 7.66. The van der Waals surface area contributed by atoms with Crippen LogP contribution in [0.25, 0.3) is 0 Å². The predicted molar refractivity (Wildman–Crippen MR) is 58.8 cm³/mol. The zero-order valence-corrected chi connectivity index (χ0v) is 9.38. The van der Waals surface area contributed by atoms with E-state index in [0.717, 1.165) is 6.42 Å². The summed E-state index contributed by atoms with van der Waals surface area (Å²) >= 11 is 0. The molecule has 0 aliphatic heterocycles. The smallest absolute Gasteiger partial charge is 0.339 e. The molecule has 0 aromatic carbocycles. The highest BCUT2D eigenvalue weighted by molar-refractivity contribution is 5.92. The third-order valence-corrected chi connectivity index (χ3v) is 2.14. The number of carbonyl (C=O) groups is 1. The largest absolute Gasteiger partial charge is 0.478 e. The van der Waals surface area contributed by atoms with Crippen LogP contribution in [0.15, 0.2) is 12.3 Å². The van der Waals surface area contributed by atoms with Crippen molar-refractivity contribution in [2.24, 2.45) is 0 Å². The van der Waals surface area contributed by atoms with Crippen LogP contribution in [0.1, 0.15) is 16.8 Å². The van der Waals surface area contributed by atoms with Crippen molar-refractivity contribution in [3.8, 4) is 0 Å². The van der Waals surface area contributed by atoms with Crippen LogP contribution in [0.3, 0.4) is 0 Å². The van der Waals surface area contributed by atoms with Crippen LogP contribution in [0, 0.1) is 0 Å². The molecule has 1 aromatic heterocycles. The highest BCUT2D eigenvalue weighted by atomic mass is 16.5. The van der Waals surface area contributed by atoms with Gasteiger partial charge in [0, 0.05) is 27.3 Å². The first kappa shape index (κ1) is 12.4. The van der Waals surface area contributed by atoms with E-state index in [2.05, 4.69) is 10.2 Å². The van der Waals surface area contributed by atoms with E-state index in [1.54, 1.807) is 19.1 Å². The van der Waals surface area contributed by atoms with E-state index in [0.29, 0.717) is 19.0 Å². The predicted octanol–water partition coefficient (Wildman–Crippen LogP) is 0.647. The second-order valence-electron chi connectivity index (χ2n) is 3.34. The lowest BCUT2D eigenvalue weighted by Crippen LogP contribution is -2.23. The van der Waals surface area contributed by atoms with Crippen molar-refractivity contribution in [3.63, 3.8) is 0 Å². The molecule has 1 aromatic rings. The van der Waals surface area contributed by atoms with Gasteiger partial charge in [0.05, 0.1) is 6.20 Å². The molecule has 0 unspecified atom stereocenters. The molecule has 1 heterocycles. The number of carboxylic acid groups (broad SMARTS) is 1. The van der Waals surface area contributed by atoms with Gasteiger partial charge in [-0.2, -0.15) is 5.10 Å². The summed E-state index contributed by atoms with van der Waals surface area (Å²) in [5, 5.41) is 16.5. The lowest BCUT2D eigenvalue weighted by atomic mass is 10.2. The normalized spacial score (nSPS) is 10.1. The van der Waals surface area contributed by atoms with Crippen molar-refractivity contribution in [2.45, 2.75) is 6.42 Å². The fourth-order valence-corrected chi connectivity index (χ4v) is 1.33. The number of aromatic carboxylic acids is 1. The number of rotatable bonds is 6. The van der Waals surface area contributed by atoms with E-state index >= 15 is 0 Å². The van der Waals surface area contributed by atoms with Gasteiger partial charge in [-0.3, -0.25) is 0 Å². The molecule has 6 heteroatoms. The lowest BCUT2D eigenvalue weighted by molar-refractivity contribution is 0.0697. The number of anilines is 1. The van der Waals surface area contributed by atoms with Gasteiger partial charge in [-0.25, -0.2) is 4.79 Å². The van der Waals surface area contributed by atoms with Gasteiger partial charge in [0.15, 0.2) is 5.82 Å². The molecule has 0 saturated carbocycles. The summed E-state index contributed by atoms with van der Waals surface area (Å²) in [6, 6.07) is 1.44. The summed E-state index contributed by atoms with van der Waals surface area (Å²) < 4.78 is 4.93. The Kier molecular flexibility index (Phi) is 4.65. The third kappa shape index (κ3) is 3.16. The van der Waals surface area contributed by atoms with Gasteiger partial charge in [0.25, 0.3) is 0 Å². The topological polar surface area (TPSA) is 75.5 Å². The fraction of sp³-hybridized carbons (Fsp3) is 0.500. The summed E-state index contributed by atoms with van der Waals surface area (Å²) in [6.07, 6.45) is 2.18. The Labute approximate surface area is 93.9 Å². The molecule has 0 atom stereocenters. The third-order valence-electron chi connectivity index (χ3n) is 2.14. The van der Waals surface area contributed by atoms with Crippen LogP contribution in [0.5, 0.6) is 0 Å². The molecule has 88 valence electrons. The first-order valence-electron chi connectivity index (χ1n) is 4.92. The maximum Gasteiger partial charge on any atom is 0.339 e. The highest BCUT2D eigenvalue weighted by Crippen LogP contribution is 2.14. The monoisotopic (exact) mass is 225 g/mol. The van der Waals surface area contributed by atoms with Crippen molar-refractivity contribution >= 4 is 11.8 Å². The molecule has 0 fully saturated rings. The molecule has 0 aliphatic carbocycles. The van der Waals surface area contributed by atoms with Crippen LogP contribution < -0.4 is 4.90 Å². The summed E-state index contributed by atoms with van der Waals surface area (Å²) in [5.74, 6) is -0.616. The summed E-state index contributed by atoms with van der Waals surface area (Å²) in [5.41, 5.74) is 0.162. The molecule has 0 aliphatic rings. The Bertz CT molecular complexity index is 357. The Hall–Kier alpha value is -1.69. The van der Waals surface area contributed by atoms with Crippen LogP contribution in [0.2, 0.25) is 0 Å². The standard InChI is InChI=1S/C10H15N3O3/c1-13(6-3-7-16-2)9-8(10(14)15)4-5-11-12-9/h4-5H,3,6-7H2,1-2H3,(H,14,15). The van der Waals surface area contributed by atoms with Crippen molar-refractivity contribution in [1.82, 2.24) is 10.2 Å². The van der Waals surface area contributed by atoms with Gasteiger partial charge in [-0.1, -0.05) is 0 Å². The first-order valence-corrected chi connectivity index (χ1v) is 4.92. The average Bonchev–Trinajstić information content (AvgIpc) is 2.29. The quantitative estimate of drug-likeness (QED) is 0.716. The van der Waals surface area contributed by atoms with Crippen molar-refractivity contribution in [2.75, 3.05) is 32.2 Å². The Morgan fingerprint density at radius 2 is 2.38 bits per heavy atom. The maximum atomic E-state index is 10.9. The van der Waals surface area contributed by atoms with E-state index in [9.17, 15) is 4.79 Å². The lowest BCUT2D eigenvalue weighted by Gasteiger charge is -2.18. The SMILES string of the molecule is COCCCN(C)c1nnccc1C(=O)O. The van der Waals surface area contributed by atoms with Crippen molar-refractivity contribution in [3.05, 3.63) is 17.8 Å². The maximum absolute atomic E-state index is 10.9. The van der Waals surface area contributed by atoms with E-state index in [-0.39, 0.29) is 5.56 Å². The second kappa shape index (κ2) is 6.02. The number of nitrogens with zero attached hydrogens (tertiary/aromatic N) is 3. The van der Waals surface area contributed by atoms with Crippen LogP contribution in [-0.2, 0) is 4.74 Å². The minimum Gasteiger partial charge on any atom is -0.478 e. The van der Waals surface area contributed by atoms with E-state index in [1.807, 2.05) is 0 Å². The number of methoxy groups -OCH3 is 1. The number of carboxylic acids is 1. The number of ether oxygens (including phenoxy) is 1. The van der Waals surface area contributed by atoms with Crippen molar-refractivity contribution < 1.29 is 14.6 Å². The molecule has 1 N–H and O–H groups in total. The number of aromatic nitrogens is 2. The van der Waals surface area contributed by atoms with Gasteiger partial charge in [0.1, 0.15) is 5.56 Å². The zero-order chi connectivity index (χ0) is 12.0. The van der Waals surface area contributed by atoms with Gasteiger partial charge in [-0.15, -0.1) is 5.10 Å². The van der Waals surface area contributed by atoms with Crippen LogP contribution >= 0.6 is 0 Å². The van der Waals surface area contributed by atoms with Crippen LogP contribution in [-0.4, -0.2) is 48.6 Å². The molecule has 0 amide bonds. The van der Waals surface area contributed by atoms with E-state index in [4.69, 9.17) is 9.84 Å². The van der Waals surface area contributed by atoms with E-state index < -0.39 is 5.97 Å². The van der Waals surface area contributed by atoms with Crippen molar-refractivity contribution in [1.29, 1.82) is 0 Å². The molecular formula is C10H15N3O3. The molecule has 0 bridgehead atoms. The summed E-state index contributed by atoms with van der Waals surface area (Å²) in [4.78, 5) is 12.7. The second-order valence-corrected chi connectivity index (χ2v) is 3.34. The molecule has 0 saturated heterocycles. The summed E-state index contributed by atoms with van der Waals surface area (Å²) in [6.45, 7) is 1.31. The number of hydrogen-bond acceptors (Lipinski definition) is 5. The van der Waals surface area contributed by atoms with Gasteiger partial charge in [-0.05, 0) is 12.5 Å². The Balaban J connectivity index is 2.74. The number of hydrogen-bond donors (Lipinski definition) is 1. The Morgan fingerprint density at radius 3 is 3.00 bits per heavy atom. The molecule has 0 radical (unpaired) electrons. The molecule has 6 nitrogen and oxygen atoms in total. The molecule has 16 heavy (non-hydrogen) atoms. The molecule has 0 spiro atoms. The van der Waals surface area contributed by atoms with E-state index in [1.165, 1.54) is 12.3 Å². The summed E-state index contributed by atoms with van der Waals surface area (Å²) in [7, 11) is 3.41. The van der Waals surface area contributed by atoms with Gasteiger partial charge in [0.2, 0.25) is 0 Å². The molecular weight excluding hydrogens is 210 g/mol. The fourth-order valence-electron chi connectivity index (χ4n) is 1.33. The molecule has 1 rings (SSSR count). The van der Waals surface area contributed by atoms with Crippen LogP contribution in [0.4, 0.5) is 5.82 Å². The average molecular weight is 225 g/mol.